The van der Waals surface area contributed by atoms with Crippen LogP contribution in [-0.4, -0.2) is 59.2 Å². The van der Waals surface area contributed by atoms with Gasteiger partial charge in [0.15, 0.2) is 5.82 Å². The van der Waals surface area contributed by atoms with Crippen LogP contribution in [0, 0.1) is 0 Å². The Morgan fingerprint density at radius 1 is 0.923 bits per heavy atom. The Bertz CT molecular complexity index is 1520. The number of nitrogens with zero attached hydrogens (tertiary/aromatic N) is 3. The van der Waals surface area contributed by atoms with E-state index in [4.69, 9.17) is 16.2 Å². The van der Waals surface area contributed by atoms with E-state index < -0.39 is 5.91 Å². The lowest BCUT2D eigenvalue weighted by Gasteiger charge is -2.37. The number of rotatable bonds is 6. The Hall–Kier alpha value is -4.53. The van der Waals surface area contributed by atoms with Gasteiger partial charge in [0.2, 0.25) is 0 Å². The third-order valence-electron chi connectivity index (χ3n) is 7.78. The molecule has 1 saturated heterocycles. The molecule has 2 heterocycles. The number of aromatic nitrogens is 2. The van der Waals surface area contributed by atoms with Gasteiger partial charge in [0, 0.05) is 31.7 Å². The van der Waals surface area contributed by atoms with E-state index in [-0.39, 0.29) is 12.0 Å². The van der Waals surface area contributed by atoms with E-state index in [1.807, 2.05) is 59.5 Å². The number of nitrogens with two attached hydrogens (primary N) is 2. The van der Waals surface area contributed by atoms with Crippen LogP contribution in [0.2, 0.25) is 0 Å². The van der Waals surface area contributed by atoms with E-state index in [1.54, 1.807) is 6.07 Å². The van der Waals surface area contributed by atoms with Crippen LogP contribution in [0.3, 0.4) is 0 Å². The molecule has 2 fully saturated rings. The molecule has 6 rings (SSSR count). The number of ether oxygens (including phenoxy) is 1. The van der Waals surface area contributed by atoms with Crippen LogP contribution in [0.5, 0.6) is 5.75 Å². The summed E-state index contributed by atoms with van der Waals surface area (Å²) in [6.07, 6.45) is 4.55. The number of H-pyrrole nitrogens is 1. The second-order valence-corrected chi connectivity index (χ2v) is 10.3. The number of primary amides is 1. The van der Waals surface area contributed by atoms with Gasteiger partial charge in [-0.15, -0.1) is 0 Å². The Labute approximate surface area is 226 Å². The fraction of sp³-hybridized carbons (Fsp3) is 0.300. The van der Waals surface area contributed by atoms with Crippen LogP contribution >= 0.6 is 0 Å². The molecule has 0 unspecified atom stereocenters. The van der Waals surface area contributed by atoms with E-state index in [9.17, 15) is 9.59 Å². The number of hydrogen-bond donors (Lipinski definition) is 3. The van der Waals surface area contributed by atoms with Crippen molar-refractivity contribution in [2.45, 2.75) is 31.8 Å². The zero-order chi connectivity index (χ0) is 26.9. The second kappa shape index (κ2) is 10.3. The maximum Gasteiger partial charge on any atom is 0.253 e. The van der Waals surface area contributed by atoms with Crippen molar-refractivity contribution >= 4 is 34.2 Å². The molecule has 0 radical (unpaired) electrons. The second-order valence-electron chi connectivity index (χ2n) is 10.3. The maximum atomic E-state index is 12.9. The maximum absolute atomic E-state index is 12.9. The lowest BCUT2D eigenvalue weighted by molar-refractivity contribution is 0.0746. The van der Waals surface area contributed by atoms with Crippen molar-refractivity contribution in [2.75, 3.05) is 36.8 Å². The fourth-order valence-electron chi connectivity index (χ4n) is 5.68. The molecule has 0 spiro atoms. The van der Waals surface area contributed by atoms with Crippen molar-refractivity contribution in [3.8, 4) is 16.9 Å². The summed E-state index contributed by atoms with van der Waals surface area (Å²) in [5.74, 6) is 0.661. The number of hydrogen-bond acceptors (Lipinski definition) is 6. The average Bonchev–Trinajstić information content (AvgIpc) is 3.62. The van der Waals surface area contributed by atoms with Gasteiger partial charge in [-0.25, -0.2) is 0 Å². The lowest BCUT2D eigenvalue weighted by atomic mass is 9.99. The summed E-state index contributed by atoms with van der Waals surface area (Å²) in [4.78, 5) is 29.3. The topological polar surface area (TPSA) is 131 Å². The van der Waals surface area contributed by atoms with Gasteiger partial charge in [-0.1, -0.05) is 24.3 Å². The molecule has 1 saturated carbocycles. The molecule has 9 nitrogen and oxygen atoms in total. The molecule has 200 valence electrons. The van der Waals surface area contributed by atoms with Gasteiger partial charge in [-0.2, -0.15) is 5.10 Å². The molecule has 5 N–H and O–H groups in total. The Morgan fingerprint density at radius 3 is 2.38 bits per heavy atom. The molecule has 9 heteroatoms. The van der Waals surface area contributed by atoms with Crippen molar-refractivity contribution in [1.82, 2.24) is 15.1 Å². The van der Waals surface area contributed by atoms with Gasteiger partial charge >= 0.3 is 0 Å². The zero-order valence-corrected chi connectivity index (χ0v) is 21.7. The predicted molar refractivity (Wildman–Crippen MR) is 152 cm³/mol. The van der Waals surface area contributed by atoms with Crippen LogP contribution in [-0.2, 0) is 0 Å². The van der Waals surface area contributed by atoms with Crippen molar-refractivity contribution in [3.63, 3.8) is 0 Å². The average molecular weight is 525 g/mol. The van der Waals surface area contributed by atoms with E-state index >= 15 is 0 Å². The van der Waals surface area contributed by atoms with Crippen molar-refractivity contribution < 1.29 is 14.3 Å². The van der Waals surface area contributed by atoms with Crippen LogP contribution < -0.4 is 21.1 Å². The number of fused-ring (bicyclic) bond motifs is 1. The van der Waals surface area contributed by atoms with Gasteiger partial charge in [0.25, 0.3) is 11.8 Å². The first-order valence-corrected chi connectivity index (χ1v) is 13.5. The Balaban J connectivity index is 1.30. The molecular weight excluding hydrogens is 492 g/mol. The molecule has 1 aromatic heterocycles. The molecule has 4 aromatic rings. The van der Waals surface area contributed by atoms with Gasteiger partial charge in [0.1, 0.15) is 5.75 Å². The Morgan fingerprint density at radius 2 is 1.67 bits per heavy atom. The van der Waals surface area contributed by atoms with Gasteiger partial charge in [0.05, 0.1) is 28.3 Å². The molecule has 3 aromatic carbocycles. The van der Waals surface area contributed by atoms with Gasteiger partial charge in [-0.05, 0) is 73.2 Å². The highest BCUT2D eigenvalue weighted by atomic mass is 16.5. The number of aromatic amines is 1. The summed E-state index contributed by atoms with van der Waals surface area (Å²) >= 11 is 0. The van der Waals surface area contributed by atoms with E-state index in [0.717, 1.165) is 53.4 Å². The molecule has 0 atom stereocenters. The largest absolute Gasteiger partial charge is 0.490 e. The number of nitrogen functional groups attached to an aromatic ring is 1. The smallest absolute Gasteiger partial charge is 0.253 e. The summed E-state index contributed by atoms with van der Waals surface area (Å²) < 4.78 is 6.41. The van der Waals surface area contributed by atoms with Crippen molar-refractivity contribution in [1.29, 1.82) is 0 Å². The fourth-order valence-corrected chi connectivity index (χ4v) is 5.68. The standard InChI is InChI=1S/C30H32N6O3/c31-28-27-24(33-34-28)16-21(18-26(27)39-22-8-4-5-9-22)20-10-11-23(29(32)37)25(17-20)35-12-14-36(15-13-35)30(38)19-6-2-1-3-7-19/h1-3,6-7,10-11,16-18,22H,4-5,8-9,12-15H2,(H2,32,37)(H3,31,33,34). The van der Waals surface area contributed by atoms with Crippen LogP contribution in [0.25, 0.3) is 22.0 Å². The predicted octanol–water partition coefficient (Wildman–Crippen LogP) is 4.19. The third kappa shape index (κ3) is 4.87. The molecule has 1 aliphatic carbocycles. The van der Waals surface area contributed by atoms with Crippen LogP contribution in [0.15, 0.2) is 60.7 Å². The summed E-state index contributed by atoms with van der Waals surface area (Å²) in [5, 5.41) is 8.02. The van der Waals surface area contributed by atoms with Crippen LogP contribution in [0.1, 0.15) is 46.4 Å². The number of anilines is 2. The minimum absolute atomic E-state index is 0.0149. The van der Waals surface area contributed by atoms with Gasteiger partial charge in [-0.3, -0.25) is 14.7 Å². The highest BCUT2D eigenvalue weighted by molar-refractivity contribution is 6.01. The molecule has 39 heavy (non-hydrogen) atoms. The first kappa shape index (κ1) is 24.8. The quantitative estimate of drug-likeness (QED) is 0.347. The van der Waals surface area contributed by atoms with E-state index in [0.29, 0.717) is 48.9 Å². The monoisotopic (exact) mass is 524 g/mol. The first-order chi connectivity index (χ1) is 19.0. The van der Waals surface area contributed by atoms with E-state index in [1.165, 1.54) is 0 Å². The number of benzene rings is 3. The molecule has 1 aliphatic heterocycles. The third-order valence-corrected chi connectivity index (χ3v) is 7.78. The highest BCUT2D eigenvalue weighted by Gasteiger charge is 2.25. The first-order valence-electron chi connectivity index (χ1n) is 13.5. The lowest BCUT2D eigenvalue weighted by Crippen LogP contribution is -2.49. The summed E-state index contributed by atoms with van der Waals surface area (Å²) in [7, 11) is 0. The number of carbonyl (C=O) groups is 2. The number of piperazine rings is 1. The molecule has 2 amide bonds. The number of nitrogens with one attached hydrogen (secondary N) is 1. The van der Waals surface area contributed by atoms with E-state index in [2.05, 4.69) is 15.1 Å². The normalized spacial score (nSPS) is 16.1. The summed E-state index contributed by atoms with van der Waals surface area (Å²) in [6, 6.07) is 19.0. The molecule has 2 aliphatic rings. The molecule has 0 bridgehead atoms. The van der Waals surface area contributed by atoms with Crippen molar-refractivity contribution in [2.24, 2.45) is 5.73 Å². The number of amides is 2. The highest BCUT2D eigenvalue weighted by Crippen LogP contribution is 2.38. The SMILES string of the molecule is NC(=O)c1ccc(-c2cc(OC3CCCC3)c3c(N)n[nH]c3c2)cc1N1CCN(C(=O)c2ccccc2)CC1. The minimum atomic E-state index is -0.485. The van der Waals surface area contributed by atoms with Crippen LogP contribution in [0.4, 0.5) is 11.5 Å². The zero-order valence-electron chi connectivity index (χ0n) is 21.7. The summed E-state index contributed by atoms with van der Waals surface area (Å²) in [6.45, 7) is 2.28. The number of carbonyl (C=O) groups excluding carboxylic acids is 2. The molecular formula is C30H32N6O3. The Kier molecular flexibility index (Phi) is 6.56. The minimum Gasteiger partial charge on any atom is -0.490 e. The van der Waals surface area contributed by atoms with Gasteiger partial charge < -0.3 is 26.0 Å². The summed E-state index contributed by atoms with van der Waals surface area (Å²) in [5.41, 5.74) is 16.5. The van der Waals surface area contributed by atoms with Crippen molar-refractivity contribution in [3.05, 3.63) is 71.8 Å².